The number of carbonyl (C=O) groups excluding carboxylic acids is 1. The van der Waals surface area contributed by atoms with Gasteiger partial charge in [0.15, 0.2) is 0 Å². The number of nitrogens with one attached hydrogen (secondary N) is 1. The van der Waals surface area contributed by atoms with Gasteiger partial charge in [-0.1, -0.05) is 48.5 Å². The quantitative estimate of drug-likeness (QED) is 0.752. The van der Waals surface area contributed by atoms with Crippen LogP contribution in [0.1, 0.15) is 25.7 Å². The molecule has 5 nitrogen and oxygen atoms in total. The van der Waals surface area contributed by atoms with Crippen molar-refractivity contribution in [2.45, 2.75) is 31.3 Å². The van der Waals surface area contributed by atoms with Crippen molar-refractivity contribution in [3.8, 4) is 16.9 Å². The normalized spacial score (nSPS) is 18.5. The average Bonchev–Trinajstić information content (AvgIpc) is 3.59. The van der Waals surface area contributed by atoms with Crippen molar-refractivity contribution in [1.82, 2.24) is 10.2 Å². The maximum atomic E-state index is 12.4. The molecule has 0 bridgehead atoms. The summed E-state index contributed by atoms with van der Waals surface area (Å²) in [4.78, 5) is 14.2. The van der Waals surface area contributed by atoms with Crippen LogP contribution in [0.4, 0.5) is 4.79 Å². The van der Waals surface area contributed by atoms with Crippen LogP contribution in [-0.4, -0.2) is 47.9 Å². The Hall–Kier alpha value is -2.53. The second-order valence-electron chi connectivity index (χ2n) is 7.81. The number of aliphatic hydroxyl groups is 1. The van der Waals surface area contributed by atoms with Crippen molar-refractivity contribution in [2.75, 3.05) is 26.2 Å². The molecular weight excluding hydrogens is 352 g/mol. The van der Waals surface area contributed by atoms with Gasteiger partial charge in [-0.15, -0.1) is 0 Å². The predicted molar refractivity (Wildman–Crippen MR) is 109 cm³/mol. The minimum Gasteiger partial charge on any atom is -0.491 e. The molecule has 1 aliphatic carbocycles. The second kappa shape index (κ2) is 8.23. The van der Waals surface area contributed by atoms with E-state index in [0.29, 0.717) is 45.0 Å². The number of piperidine rings is 1. The summed E-state index contributed by atoms with van der Waals surface area (Å²) in [6.07, 6.45) is 3.63. The fourth-order valence-electron chi connectivity index (χ4n) is 4.01. The van der Waals surface area contributed by atoms with Crippen LogP contribution in [0.5, 0.6) is 5.75 Å². The van der Waals surface area contributed by atoms with Crippen molar-refractivity contribution in [3.63, 3.8) is 0 Å². The minimum absolute atomic E-state index is 0.0715. The lowest BCUT2D eigenvalue weighted by molar-refractivity contribution is -0.0307. The summed E-state index contributed by atoms with van der Waals surface area (Å²) in [6.45, 7) is 2.11. The van der Waals surface area contributed by atoms with Gasteiger partial charge in [-0.25, -0.2) is 4.79 Å². The molecule has 28 heavy (non-hydrogen) atoms. The van der Waals surface area contributed by atoms with Crippen LogP contribution in [-0.2, 0) is 0 Å². The van der Waals surface area contributed by atoms with Crippen LogP contribution in [0.15, 0.2) is 54.6 Å². The average molecular weight is 380 g/mol. The highest BCUT2D eigenvalue weighted by atomic mass is 16.5. The van der Waals surface area contributed by atoms with E-state index in [1.807, 2.05) is 42.5 Å². The van der Waals surface area contributed by atoms with Crippen LogP contribution in [0.25, 0.3) is 11.1 Å². The lowest BCUT2D eigenvalue weighted by Crippen LogP contribution is -2.51. The van der Waals surface area contributed by atoms with Crippen molar-refractivity contribution in [1.29, 1.82) is 0 Å². The first-order valence-corrected chi connectivity index (χ1v) is 10.2. The van der Waals surface area contributed by atoms with E-state index in [1.54, 1.807) is 4.90 Å². The van der Waals surface area contributed by atoms with Crippen LogP contribution in [0.2, 0.25) is 0 Å². The van der Waals surface area contributed by atoms with E-state index in [9.17, 15) is 9.90 Å². The number of rotatable bonds is 6. The van der Waals surface area contributed by atoms with Crippen molar-refractivity contribution < 1.29 is 14.6 Å². The van der Waals surface area contributed by atoms with E-state index in [1.165, 1.54) is 0 Å². The molecular formula is C23H28N2O3. The Labute approximate surface area is 166 Å². The molecule has 2 aliphatic rings. The molecule has 2 N–H and O–H groups in total. The summed E-state index contributed by atoms with van der Waals surface area (Å²) in [6, 6.07) is 18.0. The fourth-order valence-corrected chi connectivity index (χ4v) is 4.01. The minimum atomic E-state index is -0.541. The Balaban J connectivity index is 1.24. The zero-order valence-electron chi connectivity index (χ0n) is 16.1. The smallest absolute Gasteiger partial charge is 0.317 e. The highest BCUT2D eigenvalue weighted by Gasteiger charge is 2.45. The van der Waals surface area contributed by atoms with E-state index in [2.05, 4.69) is 17.4 Å². The maximum absolute atomic E-state index is 12.4. The van der Waals surface area contributed by atoms with Gasteiger partial charge in [0, 0.05) is 18.7 Å². The van der Waals surface area contributed by atoms with Crippen LogP contribution >= 0.6 is 0 Å². The van der Waals surface area contributed by atoms with Crippen LogP contribution in [0.3, 0.4) is 0 Å². The molecule has 1 aliphatic heterocycles. The Kier molecular flexibility index (Phi) is 5.53. The van der Waals surface area contributed by atoms with Crippen molar-refractivity contribution in [3.05, 3.63) is 54.6 Å². The topological polar surface area (TPSA) is 61.8 Å². The molecule has 1 saturated heterocycles. The maximum Gasteiger partial charge on any atom is 0.317 e. The third-order valence-electron chi connectivity index (χ3n) is 5.86. The zero-order valence-corrected chi connectivity index (χ0v) is 16.1. The Morgan fingerprint density at radius 1 is 1.07 bits per heavy atom. The van der Waals surface area contributed by atoms with E-state index >= 15 is 0 Å². The molecule has 2 amide bonds. The second-order valence-corrected chi connectivity index (χ2v) is 7.81. The van der Waals surface area contributed by atoms with Gasteiger partial charge in [0.2, 0.25) is 0 Å². The van der Waals surface area contributed by atoms with E-state index in [4.69, 9.17) is 4.74 Å². The number of ether oxygens (including phenoxy) is 1. The van der Waals surface area contributed by atoms with Crippen LogP contribution < -0.4 is 10.1 Å². The molecule has 0 aromatic heterocycles. The van der Waals surface area contributed by atoms with Gasteiger partial charge in [-0.2, -0.15) is 0 Å². The van der Waals surface area contributed by atoms with Gasteiger partial charge in [0.25, 0.3) is 0 Å². The molecule has 1 saturated carbocycles. The first kappa shape index (κ1) is 18.8. The first-order valence-electron chi connectivity index (χ1n) is 10.2. The third-order valence-corrected chi connectivity index (χ3v) is 5.86. The number of urea groups is 1. The standard InChI is InChI=1S/C23H28N2O3/c26-22(25-15-12-23(27,13-16-25)19-10-11-19)24-14-17-28-21-9-5-4-8-20(21)18-6-2-1-3-7-18/h1-9,19,27H,10-17H2,(H,24,26). The molecule has 4 rings (SSSR count). The summed E-state index contributed by atoms with van der Waals surface area (Å²) in [5, 5.41) is 13.5. The number of hydrogen-bond donors (Lipinski definition) is 2. The molecule has 148 valence electrons. The van der Waals surface area contributed by atoms with Gasteiger partial charge in [0.1, 0.15) is 12.4 Å². The molecule has 0 atom stereocenters. The fraction of sp³-hybridized carbons (Fsp3) is 0.435. The number of benzene rings is 2. The van der Waals surface area contributed by atoms with E-state index < -0.39 is 5.60 Å². The first-order chi connectivity index (χ1) is 13.7. The Bertz CT molecular complexity index is 797. The molecule has 2 fully saturated rings. The summed E-state index contributed by atoms with van der Waals surface area (Å²) >= 11 is 0. The zero-order chi connectivity index (χ0) is 19.4. The largest absolute Gasteiger partial charge is 0.491 e. The van der Waals surface area contributed by atoms with Gasteiger partial charge in [-0.05, 0) is 43.2 Å². The Morgan fingerprint density at radius 3 is 2.46 bits per heavy atom. The number of hydrogen-bond acceptors (Lipinski definition) is 3. The number of carbonyl (C=O) groups is 1. The summed E-state index contributed by atoms with van der Waals surface area (Å²) < 4.78 is 5.93. The van der Waals surface area contributed by atoms with Gasteiger partial charge >= 0.3 is 6.03 Å². The summed E-state index contributed by atoms with van der Waals surface area (Å²) in [5.74, 6) is 1.27. The third kappa shape index (κ3) is 4.30. The number of amides is 2. The van der Waals surface area contributed by atoms with Gasteiger partial charge < -0.3 is 20.1 Å². The monoisotopic (exact) mass is 380 g/mol. The molecule has 5 heteroatoms. The van der Waals surface area contributed by atoms with E-state index in [0.717, 1.165) is 29.7 Å². The lowest BCUT2D eigenvalue weighted by atomic mass is 9.87. The number of nitrogens with zero attached hydrogens (tertiary/aromatic N) is 1. The van der Waals surface area contributed by atoms with Gasteiger partial charge in [0.05, 0.1) is 12.1 Å². The summed E-state index contributed by atoms with van der Waals surface area (Å²) in [5.41, 5.74) is 1.62. The number of likely N-dealkylation sites (tertiary alicyclic amines) is 1. The molecule has 0 radical (unpaired) electrons. The summed E-state index contributed by atoms with van der Waals surface area (Å²) in [7, 11) is 0. The Morgan fingerprint density at radius 2 is 1.75 bits per heavy atom. The molecule has 2 aromatic rings. The van der Waals surface area contributed by atoms with Crippen molar-refractivity contribution in [2.24, 2.45) is 5.92 Å². The van der Waals surface area contributed by atoms with E-state index in [-0.39, 0.29) is 6.03 Å². The lowest BCUT2D eigenvalue weighted by Gasteiger charge is -2.38. The highest BCUT2D eigenvalue weighted by molar-refractivity contribution is 5.74. The molecule has 0 spiro atoms. The molecule has 2 aromatic carbocycles. The van der Waals surface area contributed by atoms with Gasteiger partial charge in [-0.3, -0.25) is 0 Å². The molecule has 1 heterocycles. The SMILES string of the molecule is O=C(NCCOc1ccccc1-c1ccccc1)N1CCC(O)(C2CC2)CC1. The molecule has 0 unspecified atom stereocenters. The van der Waals surface area contributed by atoms with Crippen LogP contribution in [0, 0.1) is 5.92 Å². The number of para-hydroxylation sites is 1. The van der Waals surface area contributed by atoms with Crippen molar-refractivity contribution >= 4 is 6.03 Å². The highest BCUT2D eigenvalue weighted by Crippen LogP contribution is 2.44. The predicted octanol–water partition coefficient (Wildman–Crippen LogP) is 3.68.